The normalized spacial score (nSPS) is 22.0. The van der Waals surface area contributed by atoms with E-state index in [9.17, 15) is 4.91 Å². The van der Waals surface area contributed by atoms with Gasteiger partial charge in [-0.1, -0.05) is 17.7 Å². The van der Waals surface area contributed by atoms with Crippen LogP contribution in [-0.4, -0.2) is 24.7 Å². The van der Waals surface area contributed by atoms with Gasteiger partial charge in [-0.3, -0.25) is 5.01 Å². The minimum Gasteiger partial charge on any atom is -0.497 e. The second-order valence-electron chi connectivity index (χ2n) is 5.90. The SMILES string of the molecule is COc1ccc(CC2C3=C(CCCC3)CCN2N=O)cc1. The Morgan fingerprint density at radius 2 is 1.95 bits per heavy atom. The van der Waals surface area contributed by atoms with Crippen LogP contribution in [0.4, 0.5) is 0 Å². The molecule has 0 saturated carbocycles. The number of hydrogen-bond donors (Lipinski definition) is 0. The van der Waals surface area contributed by atoms with Gasteiger partial charge in [-0.05, 0) is 61.8 Å². The van der Waals surface area contributed by atoms with Crippen molar-refractivity contribution >= 4 is 0 Å². The molecular formula is C17H22N2O2. The summed E-state index contributed by atoms with van der Waals surface area (Å²) in [6.45, 7) is 0.767. The summed E-state index contributed by atoms with van der Waals surface area (Å²) in [6.07, 6.45) is 6.74. The Hall–Kier alpha value is -1.84. The van der Waals surface area contributed by atoms with Crippen LogP contribution in [0.1, 0.15) is 37.7 Å². The van der Waals surface area contributed by atoms with Gasteiger partial charge in [-0.25, -0.2) is 0 Å². The van der Waals surface area contributed by atoms with Crippen LogP contribution in [0.5, 0.6) is 5.75 Å². The van der Waals surface area contributed by atoms with Gasteiger partial charge < -0.3 is 4.74 Å². The largest absolute Gasteiger partial charge is 0.497 e. The van der Waals surface area contributed by atoms with Crippen molar-refractivity contribution in [2.24, 2.45) is 5.29 Å². The zero-order valence-electron chi connectivity index (χ0n) is 12.5. The van der Waals surface area contributed by atoms with Gasteiger partial charge in [0.2, 0.25) is 0 Å². The van der Waals surface area contributed by atoms with Crippen LogP contribution in [0.3, 0.4) is 0 Å². The number of hydrogen-bond acceptors (Lipinski definition) is 3. The molecule has 1 unspecified atom stereocenters. The monoisotopic (exact) mass is 286 g/mol. The number of methoxy groups -OCH3 is 1. The molecule has 0 radical (unpaired) electrons. The minimum absolute atomic E-state index is 0.153. The highest BCUT2D eigenvalue weighted by atomic mass is 16.5. The number of ether oxygens (including phenoxy) is 1. The lowest BCUT2D eigenvalue weighted by atomic mass is 9.81. The van der Waals surface area contributed by atoms with Crippen molar-refractivity contribution in [2.45, 2.75) is 44.6 Å². The van der Waals surface area contributed by atoms with E-state index in [0.29, 0.717) is 0 Å². The van der Waals surface area contributed by atoms with E-state index in [1.807, 2.05) is 12.1 Å². The fourth-order valence-corrected chi connectivity index (χ4v) is 3.58. The van der Waals surface area contributed by atoms with E-state index in [1.54, 1.807) is 17.7 Å². The standard InChI is InChI=1S/C17H22N2O2/c1-21-15-8-6-13(7-9-15)12-17-16-5-3-2-4-14(16)10-11-19(17)18-20/h6-9,17H,2-5,10-12H2,1H3. The van der Waals surface area contributed by atoms with E-state index in [4.69, 9.17) is 4.74 Å². The Labute approximate surface area is 125 Å². The Balaban J connectivity index is 1.83. The van der Waals surface area contributed by atoms with E-state index in [2.05, 4.69) is 17.4 Å². The van der Waals surface area contributed by atoms with Crippen molar-refractivity contribution in [3.05, 3.63) is 45.9 Å². The van der Waals surface area contributed by atoms with Crippen LogP contribution in [0.25, 0.3) is 0 Å². The molecule has 0 bridgehead atoms. The zero-order chi connectivity index (χ0) is 14.7. The van der Waals surface area contributed by atoms with Crippen molar-refractivity contribution in [1.82, 2.24) is 5.01 Å². The fraction of sp³-hybridized carbons (Fsp3) is 0.529. The highest BCUT2D eigenvalue weighted by Gasteiger charge is 2.30. The first-order valence-corrected chi connectivity index (χ1v) is 7.75. The third-order valence-corrected chi connectivity index (χ3v) is 4.73. The quantitative estimate of drug-likeness (QED) is 0.623. The summed E-state index contributed by atoms with van der Waals surface area (Å²) in [5.41, 5.74) is 4.29. The summed E-state index contributed by atoms with van der Waals surface area (Å²) in [5, 5.41) is 5.02. The molecule has 0 saturated heterocycles. The van der Waals surface area contributed by atoms with Crippen LogP contribution in [0.2, 0.25) is 0 Å². The van der Waals surface area contributed by atoms with Crippen molar-refractivity contribution in [1.29, 1.82) is 0 Å². The average molecular weight is 286 g/mol. The lowest BCUT2D eigenvalue weighted by Crippen LogP contribution is -2.39. The van der Waals surface area contributed by atoms with Crippen molar-refractivity contribution in [2.75, 3.05) is 13.7 Å². The molecule has 21 heavy (non-hydrogen) atoms. The van der Waals surface area contributed by atoms with Crippen LogP contribution in [0.15, 0.2) is 40.7 Å². The van der Waals surface area contributed by atoms with E-state index < -0.39 is 0 Å². The van der Waals surface area contributed by atoms with E-state index in [0.717, 1.165) is 31.6 Å². The molecule has 2 aliphatic rings. The van der Waals surface area contributed by atoms with E-state index in [-0.39, 0.29) is 6.04 Å². The van der Waals surface area contributed by atoms with E-state index in [1.165, 1.54) is 30.4 Å². The molecule has 0 N–H and O–H groups in total. The maximum atomic E-state index is 11.2. The van der Waals surface area contributed by atoms with Gasteiger partial charge in [-0.15, -0.1) is 4.91 Å². The molecule has 1 aromatic rings. The highest BCUT2D eigenvalue weighted by molar-refractivity contribution is 5.32. The molecule has 4 nitrogen and oxygen atoms in total. The number of nitroso groups, excluding NO2 is 1. The van der Waals surface area contributed by atoms with Crippen molar-refractivity contribution in [3.8, 4) is 5.75 Å². The van der Waals surface area contributed by atoms with Gasteiger partial charge in [0.25, 0.3) is 0 Å². The maximum Gasteiger partial charge on any atom is 0.118 e. The Morgan fingerprint density at radius 3 is 2.67 bits per heavy atom. The minimum atomic E-state index is 0.153. The second-order valence-corrected chi connectivity index (χ2v) is 5.90. The van der Waals surface area contributed by atoms with Gasteiger partial charge in [0, 0.05) is 6.54 Å². The first-order chi connectivity index (χ1) is 10.3. The molecule has 1 aromatic carbocycles. The fourth-order valence-electron chi connectivity index (χ4n) is 3.58. The predicted octanol–water partition coefficient (Wildman–Crippen LogP) is 3.86. The molecule has 0 amide bonds. The van der Waals surface area contributed by atoms with Crippen LogP contribution < -0.4 is 4.74 Å². The Bertz CT molecular complexity index is 536. The molecule has 1 aliphatic carbocycles. The molecule has 1 aliphatic heterocycles. The van der Waals surface area contributed by atoms with Gasteiger partial charge in [0.05, 0.1) is 18.4 Å². The molecule has 0 fully saturated rings. The van der Waals surface area contributed by atoms with Crippen LogP contribution >= 0.6 is 0 Å². The lowest BCUT2D eigenvalue weighted by molar-refractivity contribution is 0.203. The number of nitrogens with zero attached hydrogens (tertiary/aromatic N) is 2. The predicted molar refractivity (Wildman–Crippen MR) is 83.1 cm³/mol. The molecule has 1 heterocycles. The zero-order valence-corrected chi connectivity index (χ0v) is 12.5. The first-order valence-electron chi connectivity index (χ1n) is 7.75. The van der Waals surface area contributed by atoms with Gasteiger partial charge >= 0.3 is 0 Å². The van der Waals surface area contributed by atoms with E-state index >= 15 is 0 Å². The Kier molecular flexibility index (Phi) is 4.23. The summed E-state index contributed by atoms with van der Waals surface area (Å²) < 4.78 is 5.20. The highest BCUT2D eigenvalue weighted by Crippen LogP contribution is 2.36. The maximum absolute atomic E-state index is 11.2. The number of benzene rings is 1. The van der Waals surface area contributed by atoms with Gasteiger partial charge in [0.15, 0.2) is 0 Å². The summed E-state index contributed by atoms with van der Waals surface area (Å²) in [7, 11) is 1.67. The van der Waals surface area contributed by atoms with Crippen LogP contribution in [-0.2, 0) is 6.42 Å². The second kappa shape index (κ2) is 6.29. The summed E-state index contributed by atoms with van der Waals surface area (Å²) >= 11 is 0. The molecule has 4 heteroatoms. The third kappa shape index (κ3) is 2.94. The Morgan fingerprint density at radius 1 is 1.19 bits per heavy atom. The summed E-state index contributed by atoms with van der Waals surface area (Å²) in [5.74, 6) is 0.866. The first kappa shape index (κ1) is 14.1. The number of rotatable bonds is 4. The molecule has 1 atom stereocenters. The topological polar surface area (TPSA) is 41.9 Å². The molecule has 0 spiro atoms. The molecular weight excluding hydrogens is 264 g/mol. The van der Waals surface area contributed by atoms with Crippen molar-refractivity contribution in [3.63, 3.8) is 0 Å². The smallest absolute Gasteiger partial charge is 0.118 e. The molecule has 112 valence electrons. The average Bonchev–Trinajstić information content (AvgIpc) is 2.56. The van der Waals surface area contributed by atoms with Gasteiger partial charge in [0.1, 0.15) is 5.75 Å². The summed E-state index contributed by atoms with van der Waals surface area (Å²) in [4.78, 5) is 11.2. The van der Waals surface area contributed by atoms with Crippen LogP contribution in [0, 0.1) is 4.91 Å². The summed E-state index contributed by atoms with van der Waals surface area (Å²) in [6, 6.07) is 8.28. The van der Waals surface area contributed by atoms with Gasteiger partial charge in [-0.2, -0.15) is 0 Å². The lowest BCUT2D eigenvalue weighted by Gasteiger charge is -2.37. The molecule has 0 aromatic heterocycles. The van der Waals surface area contributed by atoms with Crippen molar-refractivity contribution < 1.29 is 4.74 Å². The molecule has 3 rings (SSSR count). The third-order valence-electron chi connectivity index (χ3n) is 4.73.